The van der Waals surface area contributed by atoms with Crippen LogP contribution in [-0.2, 0) is 24.5 Å². The third-order valence-corrected chi connectivity index (χ3v) is 8.45. The number of benzene rings is 2. The molecule has 44 heavy (non-hydrogen) atoms. The van der Waals surface area contributed by atoms with Crippen molar-refractivity contribution in [2.75, 3.05) is 14.1 Å². The van der Waals surface area contributed by atoms with E-state index >= 15 is 0 Å². The summed E-state index contributed by atoms with van der Waals surface area (Å²) >= 11 is 0. The largest absolute Gasteiger partial charge is 0.299 e. The summed E-state index contributed by atoms with van der Waals surface area (Å²) in [5.74, 6) is 3.15. The van der Waals surface area contributed by atoms with E-state index < -0.39 is 39.3 Å². The number of nitrogens with one attached hydrogen (secondary N) is 2. The Labute approximate surface area is 261 Å². The summed E-state index contributed by atoms with van der Waals surface area (Å²) in [5, 5.41) is 9.43. The van der Waals surface area contributed by atoms with Crippen molar-refractivity contribution in [3.8, 4) is 0 Å². The number of nitrogens with zero attached hydrogens (tertiary/aromatic N) is 1. The number of nitrogens with two attached hydrogens (primary N) is 1. The standard InChI is InChI=1S/C25H40N4O4.C7H8O3S/c1-6-16-25(24(32)27-26,17-18(3)7-2)22(30)21(29(4)5)20(23(31)28-33)15-11-14-19-12-9-8-10-13-19;1-6-2-4-7(5-3-6)11(8,9)10/h8-14,18,20-21,33H,6-7,15-17,26H2,1-5H3,(H,27,32)(H,28,31);2-5H,1H3,(H,8,9,10)/b14-11+;/t18?,20-,21+,25?;/m0./s1. The number of carbonyl (C=O) groups is 3. The molecule has 2 unspecified atom stereocenters. The van der Waals surface area contributed by atoms with Crippen molar-refractivity contribution in [3.05, 3.63) is 71.8 Å². The quantitative estimate of drug-likeness (QED) is 0.0481. The van der Waals surface area contributed by atoms with Crippen LogP contribution in [0.15, 0.2) is 65.6 Å². The molecule has 0 aliphatic rings. The van der Waals surface area contributed by atoms with Gasteiger partial charge in [-0.25, -0.2) is 11.3 Å². The summed E-state index contributed by atoms with van der Waals surface area (Å²) in [6.45, 7) is 7.75. The molecular weight excluding hydrogens is 584 g/mol. The molecule has 0 fully saturated rings. The number of hydroxylamine groups is 1. The maximum atomic E-state index is 14.1. The van der Waals surface area contributed by atoms with Crippen LogP contribution in [0.25, 0.3) is 6.08 Å². The molecule has 6 N–H and O–H groups in total. The lowest BCUT2D eigenvalue weighted by atomic mass is 9.67. The van der Waals surface area contributed by atoms with E-state index in [9.17, 15) is 28.0 Å². The van der Waals surface area contributed by atoms with Crippen molar-refractivity contribution in [1.29, 1.82) is 0 Å². The van der Waals surface area contributed by atoms with Gasteiger partial charge < -0.3 is 0 Å². The number of aryl methyl sites for hydroxylation is 1. The number of likely N-dealkylation sites (N-methyl/N-ethyl adjacent to an activating group) is 1. The highest BCUT2D eigenvalue weighted by atomic mass is 32.2. The van der Waals surface area contributed by atoms with Gasteiger partial charge in [0.2, 0.25) is 11.8 Å². The van der Waals surface area contributed by atoms with E-state index in [1.165, 1.54) is 12.1 Å². The van der Waals surface area contributed by atoms with Crippen LogP contribution in [0.5, 0.6) is 0 Å². The van der Waals surface area contributed by atoms with Gasteiger partial charge in [0.1, 0.15) is 5.41 Å². The van der Waals surface area contributed by atoms with Gasteiger partial charge in [0, 0.05) is 0 Å². The Morgan fingerprint density at radius 2 is 1.64 bits per heavy atom. The average molecular weight is 633 g/mol. The molecule has 244 valence electrons. The van der Waals surface area contributed by atoms with Gasteiger partial charge in [-0.3, -0.25) is 34.5 Å². The van der Waals surface area contributed by atoms with E-state index in [0.717, 1.165) is 17.5 Å². The molecule has 11 nitrogen and oxygen atoms in total. The SMILES string of the molecule is CCCC(CC(C)CC)(C(=O)NN)C(=O)[C@@H]([C@H](C/C=C/c1ccccc1)C(=O)NO)N(C)C.Cc1ccc(S(=O)(=O)O)cc1. The van der Waals surface area contributed by atoms with Crippen LogP contribution in [0.4, 0.5) is 0 Å². The van der Waals surface area contributed by atoms with E-state index in [2.05, 4.69) is 5.43 Å². The smallest absolute Gasteiger partial charge is 0.294 e. The Morgan fingerprint density at radius 1 is 1.05 bits per heavy atom. The first-order chi connectivity index (χ1) is 20.7. The van der Waals surface area contributed by atoms with Crippen LogP contribution < -0.4 is 16.7 Å². The molecule has 0 aliphatic carbocycles. The maximum Gasteiger partial charge on any atom is 0.294 e. The Bertz CT molecular complexity index is 1330. The second kappa shape index (κ2) is 18.4. The van der Waals surface area contributed by atoms with Crippen molar-refractivity contribution in [2.24, 2.45) is 23.1 Å². The fourth-order valence-electron chi connectivity index (χ4n) is 5.10. The average Bonchev–Trinajstić information content (AvgIpc) is 2.99. The molecule has 4 atom stereocenters. The van der Waals surface area contributed by atoms with Gasteiger partial charge >= 0.3 is 0 Å². The van der Waals surface area contributed by atoms with Crippen LogP contribution in [0.2, 0.25) is 0 Å². The Kier molecular flexibility index (Phi) is 16.1. The van der Waals surface area contributed by atoms with Gasteiger partial charge in [0.05, 0.1) is 16.9 Å². The summed E-state index contributed by atoms with van der Waals surface area (Å²) in [6.07, 6.45) is 5.90. The number of hydrazine groups is 1. The second-order valence-corrected chi connectivity index (χ2v) is 12.6. The Hall–Kier alpha value is -3.42. The van der Waals surface area contributed by atoms with E-state index in [1.54, 1.807) is 42.7 Å². The molecule has 0 radical (unpaired) electrons. The molecular formula is C32H48N4O7S. The molecule has 2 aromatic carbocycles. The van der Waals surface area contributed by atoms with Crippen LogP contribution in [-0.4, -0.2) is 60.8 Å². The first-order valence-corrected chi connectivity index (χ1v) is 16.0. The van der Waals surface area contributed by atoms with Crippen molar-refractivity contribution < 1.29 is 32.6 Å². The highest BCUT2D eigenvalue weighted by molar-refractivity contribution is 7.85. The molecule has 2 aromatic rings. The Morgan fingerprint density at radius 3 is 2.09 bits per heavy atom. The van der Waals surface area contributed by atoms with E-state index in [-0.39, 0.29) is 23.0 Å². The first-order valence-electron chi connectivity index (χ1n) is 14.6. The lowest BCUT2D eigenvalue weighted by Gasteiger charge is -2.39. The summed E-state index contributed by atoms with van der Waals surface area (Å²) in [6, 6.07) is 14.6. The molecule has 0 saturated heterocycles. The number of Topliss-reactive ketones (excluding diaryl/α,β-unsaturated/α-hetero) is 1. The van der Waals surface area contributed by atoms with E-state index in [0.29, 0.717) is 19.3 Å². The fourth-order valence-corrected chi connectivity index (χ4v) is 5.58. The molecule has 0 heterocycles. The molecule has 0 aliphatic heterocycles. The van der Waals surface area contributed by atoms with Gasteiger partial charge in [0.15, 0.2) is 5.78 Å². The van der Waals surface area contributed by atoms with Crippen molar-refractivity contribution in [1.82, 2.24) is 15.8 Å². The van der Waals surface area contributed by atoms with Crippen LogP contribution in [0.1, 0.15) is 64.0 Å². The summed E-state index contributed by atoms with van der Waals surface area (Å²) in [4.78, 5) is 41.4. The van der Waals surface area contributed by atoms with Gasteiger partial charge in [-0.05, 0) is 63.9 Å². The number of amides is 2. The van der Waals surface area contributed by atoms with E-state index in [4.69, 9.17) is 10.4 Å². The zero-order chi connectivity index (χ0) is 33.5. The zero-order valence-corrected chi connectivity index (χ0v) is 27.3. The van der Waals surface area contributed by atoms with E-state index in [1.807, 2.05) is 64.1 Å². The molecule has 0 bridgehead atoms. The number of carbonyl (C=O) groups excluding carboxylic acids is 3. The monoisotopic (exact) mass is 632 g/mol. The minimum atomic E-state index is -4.02. The first kappa shape index (κ1) is 38.6. The molecule has 0 aromatic heterocycles. The lowest BCUT2D eigenvalue weighted by molar-refractivity contribution is -0.152. The van der Waals surface area contributed by atoms with Gasteiger partial charge in [-0.1, -0.05) is 93.8 Å². The normalized spacial score (nSPS) is 15.0. The minimum Gasteiger partial charge on any atom is -0.299 e. The number of hydrogen-bond donors (Lipinski definition) is 5. The minimum absolute atomic E-state index is 0.0666. The maximum absolute atomic E-state index is 14.1. The van der Waals surface area contributed by atoms with Crippen LogP contribution in [0, 0.1) is 24.2 Å². The predicted octanol–water partition coefficient (Wildman–Crippen LogP) is 4.17. The molecule has 12 heteroatoms. The zero-order valence-electron chi connectivity index (χ0n) is 26.5. The van der Waals surface area contributed by atoms with Crippen LogP contribution in [0.3, 0.4) is 0 Å². The number of ketones is 1. The second-order valence-electron chi connectivity index (χ2n) is 11.2. The third kappa shape index (κ3) is 11.3. The number of rotatable bonds is 15. The van der Waals surface area contributed by atoms with Gasteiger partial charge in [-0.15, -0.1) is 0 Å². The topological polar surface area (TPSA) is 179 Å². The fraction of sp³-hybridized carbons (Fsp3) is 0.469. The molecule has 0 saturated carbocycles. The predicted molar refractivity (Wildman–Crippen MR) is 171 cm³/mol. The van der Waals surface area contributed by atoms with Crippen LogP contribution >= 0.6 is 0 Å². The molecule has 2 amide bonds. The summed E-state index contributed by atoms with van der Waals surface area (Å²) < 4.78 is 29.6. The summed E-state index contributed by atoms with van der Waals surface area (Å²) in [7, 11) is -0.628. The molecule has 0 spiro atoms. The van der Waals surface area contributed by atoms with Crippen molar-refractivity contribution in [2.45, 2.75) is 70.7 Å². The lowest BCUT2D eigenvalue weighted by Crippen LogP contribution is -2.58. The Balaban J connectivity index is 0.000000733. The number of hydrogen-bond acceptors (Lipinski definition) is 8. The highest BCUT2D eigenvalue weighted by Crippen LogP contribution is 2.38. The van der Waals surface area contributed by atoms with Gasteiger partial charge in [0.25, 0.3) is 10.1 Å². The summed E-state index contributed by atoms with van der Waals surface area (Å²) in [5.41, 5.74) is 4.44. The third-order valence-electron chi connectivity index (χ3n) is 7.58. The van der Waals surface area contributed by atoms with Gasteiger partial charge in [-0.2, -0.15) is 8.42 Å². The molecule has 2 rings (SSSR count). The number of allylic oxidation sites excluding steroid dienone is 1. The van der Waals surface area contributed by atoms with Crippen molar-refractivity contribution in [3.63, 3.8) is 0 Å². The highest BCUT2D eigenvalue weighted by Gasteiger charge is 2.51. The van der Waals surface area contributed by atoms with Crippen molar-refractivity contribution >= 4 is 33.8 Å².